The zero-order valence-electron chi connectivity index (χ0n) is 11.1. The van der Waals surface area contributed by atoms with E-state index >= 15 is 0 Å². The Kier molecular flexibility index (Phi) is 3.23. The highest BCUT2D eigenvalue weighted by Gasteiger charge is 2.17. The number of thiophene rings is 1. The molecule has 7 nitrogen and oxygen atoms in total. The molecule has 20 heavy (non-hydrogen) atoms. The number of anilines is 1. The van der Waals surface area contributed by atoms with Crippen molar-refractivity contribution in [1.82, 2.24) is 25.1 Å². The molecule has 0 radical (unpaired) electrons. The smallest absolute Gasteiger partial charge is 0.248 e. The van der Waals surface area contributed by atoms with E-state index in [9.17, 15) is 0 Å². The summed E-state index contributed by atoms with van der Waals surface area (Å²) in [5.74, 6) is 1.74. The van der Waals surface area contributed by atoms with Crippen molar-refractivity contribution in [2.75, 3.05) is 5.73 Å². The molecule has 0 unspecified atom stereocenters. The zero-order chi connectivity index (χ0) is 14.1. The van der Waals surface area contributed by atoms with Crippen molar-refractivity contribution in [2.24, 2.45) is 0 Å². The summed E-state index contributed by atoms with van der Waals surface area (Å²) >= 11 is 1.59. The van der Waals surface area contributed by atoms with Crippen LogP contribution in [0.1, 0.15) is 31.4 Å². The Labute approximate surface area is 119 Å². The summed E-state index contributed by atoms with van der Waals surface area (Å²) in [6, 6.07) is 1.95. The molecule has 3 heterocycles. The fourth-order valence-electron chi connectivity index (χ4n) is 2.00. The molecule has 0 fully saturated rings. The first-order chi connectivity index (χ1) is 9.65. The predicted molar refractivity (Wildman–Crippen MR) is 75.2 cm³/mol. The van der Waals surface area contributed by atoms with Crippen molar-refractivity contribution in [3.05, 3.63) is 28.4 Å². The van der Waals surface area contributed by atoms with Gasteiger partial charge in [0, 0.05) is 10.9 Å². The Balaban J connectivity index is 1.85. The fourth-order valence-corrected chi connectivity index (χ4v) is 2.63. The van der Waals surface area contributed by atoms with Gasteiger partial charge in [-0.1, -0.05) is 24.2 Å². The summed E-state index contributed by atoms with van der Waals surface area (Å²) in [7, 11) is 0. The second-order valence-electron chi connectivity index (χ2n) is 4.70. The van der Waals surface area contributed by atoms with Crippen LogP contribution in [-0.4, -0.2) is 25.1 Å². The van der Waals surface area contributed by atoms with Crippen molar-refractivity contribution < 1.29 is 4.52 Å². The third-order valence-electron chi connectivity index (χ3n) is 2.88. The second-order valence-corrected chi connectivity index (χ2v) is 5.48. The van der Waals surface area contributed by atoms with Crippen LogP contribution >= 0.6 is 11.3 Å². The molecule has 0 saturated heterocycles. The molecule has 0 aromatic carbocycles. The van der Waals surface area contributed by atoms with Gasteiger partial charge in [0.25, 0.3) is 0 Å². The van der Waals surface area contributed by atoms with Crippen molar-refractivity contribution in [1.29, 1.82) is 0 Å². The van der Waals surface area contributed by atoms with Gasteiger partial charge in [-0.15, -0.1) is 5.10 Å². The number of hydrogen-bond donors (Lipinski definition) is 1. The van der Waals surface area contributed by atoms with Crippen molar-refractivity contribution in [3.8, 4) is 11.4 Å². The standard InChI is InChI=1S/C12H14N6OS/c1-7(2)10-11(13)15-17-18(10)5-9-14-12(16-19-9)8-3-4-20-6-8/h3-4,6-7H,5,13H2,1-2H3. The molecule has 2 N–H and O–H groups in total. The summed E-state index contributed by atoms with van der Waals surface area (Å²) in [5, 5.41) is 15.8. The maximum absolute atomic E-state index is 5.82. The molecule has 0 spiro atoms. The molecule has 0 aliphatic rings. The quantitative estimate of drug-likeness (QED) is 0.791. The van der Waals surface area contributed by atoms with Gasteiger partial charge in [-0.2, -0.15) is 16.3 Å². The summed E-state index contributed by atoms with van der Waals surface area (Å²) in [4.78, 5) is 4.36. The Morgan fingerprint density at radius 3 is 3.00 bits per heavy atom. The van der Waals surface area contributed by atoms with Gasteiger partial charge in [-0.05, 0) is 17.4 Å². The van der Waals surface area contributed by atoms with Gasteiger partial charge in [0.2, 0.25) is 11.7 Å². The summed E-state index contributed by atoms with van der Waals surface area (Å²) in [6.45, 7) is 4.45. The third kappa shape index (κ3) is 2.29. The number of nitrogens with zero attached hydrogens (tertiary/aromatic N) is 5. The first kappa shape index (κ1) is 12.8. The van der Waals surface area contributed by atoms with E-state index in [1.54, 1.807) is 16.0 Å². The highest BCUT2D eigenvalue weighted by Crippen LogP contribution is 2.21. The molecule has 0 saturated carbocycles. The highest BCUT2D eigenvalue weighted by molar-refractivity contribution is 7.08. The van der Waals surface area contributed by atoms with Crippen LogP contribution in [0, 0.1) is 0 Å². The lowest BCUT2D eigenvalue weighted by Gasteiger charge is -2.06. The molecular weight excluding hydrogens is 276 g/mol. The molecule has 0 amide bonds. The fraction of sp³-hybridized carbons (Fsp3) is 0.333. The first-order valence-electron chi connectivity index (χ1n) is 6.19. The molecule has 3 rings (SSSR count). The minimum Gasteiger partial charge on any atom is -0.381 e. The van der Waals surface area contributed by atoms with Gasteiger partial charge in [0.05, 0.1) is 5.69 Å². The van der Waals surface area contributed by atoms with E-state index in [4.69, 9.17) is 10.3 Å². The Morgan fingerprint density at radius 1 is 1.45 bits per heavy atom. The zero-order valence-corrected chi connectivity index (χ0v) is 12.0. The Morgan fingerprint density at radius 2 is 2.30 bits per heavy atom. The van der Waals surface area contributed by atoms with E-state index in [2.05, 4.69) is 20.5 Å². The van der Waals surface area contributed by atoms with Crippen LogP contribution in [0.25, 0.3) is 11.4 Å². The van der Waals surface area contributed by atoms with Gasteiger partial charge in [-0.3, -0.25) is 0 Å². The average molecular weight is 290 g/mol. The van der Waals surface area contributed by atoms with Crippen LogP contribution in [-0.2, 0) is 6.54 Å². The van der Waals surface area contributed by atoms with E-state index in [1.165, 1.54) is 0 Å². The SMILES string of the molecule is CC(C)c1c(N)nnn1Cc1nc(-c2ccsc2)no1. The van der Waals surface area contributed by atoms with Crippen molar-refractivity contribution >= 4 is 17.2 Å². The lowest BCUT2D eigenvalue weighted by molar-refractivity contribution is 0.362. The van der Waals surface area contributed by atoms with Crippen LogP contribution in [0.4, 0.5) is 5.82 Å². The van der Waals surface area contributed by atoms with E-state index in [0.717, 1.165) is 11.3 Å². The minimum atomic E-state index is 0.226. The number of hydrogen-bond acceptors (Lipinski definition) is 7. The summed E-state index contributed by atoms with van der Waals surface area (Å²) in [6.07, 6.45) is 0. The van der Waals surface area contributed by atoms with Crippen LogP contribution in [0.15, 0.2) is 21.3 Å². The number of nitrogen functional groups attached to an aromatic ring is 1. The van der Waals surface area contributed by atoms with E-state index in [1.807, 2.05) is 30.7 Å². The summed E-state index contributed by atoms with van der Waals surface area (Å²) < 4.78 is 6.95. The molecular formula is C12H14N6OS. The minimum absolute atomic E-state index is 0.226. The maximum Gasteiger partial charge on any atom is 0.248 e. The van der Waals surface area contributed by atoms with Crippen LogP contribution in [0.5, 0.6) is 0 Å². The number of nitrogens with two attached hydrogens (primary N) is 1. The topological polar surface area (TPSA) is 95.7 Å². The van der Waals surface area contributed by atoms with Crippen LogP contribution in [0.3, 0.4) is 0 Å². The molecule has 0 atom stereocenters. The molecule has 8 heteroatoms. The Bertz CT molecular complexity index is 699. The van der Waals surface area contributed by atoms with Gasteiger partial charge >= 0.3 is 0 Å². The van der Waals surface area contributed by atoms with Gasteiger partial charge in [0.15, 0.2) is 5.82 Å². The summed E-state index contributed by atoms with van der Waals surface area (Å²) in [5.41, 5.74) is 7.64. The molecule has 3 aromatic rings. The van der Waals surface area contributed by atoms with E-state index in [0.29, 0.717) is 24.1 Å². The largest absolute Gasteiger partial charge is 0.381 e. The normalized spacial score (nSPS) is 11.3. The number of rotatable bonds is 4. The molecule has 104 valence electrons. The van der Waals surface area contributed by atoms with Gasteiger partial charge < -0.3 is 10.3 Å². The maximum atomic E-state index is 5.82. The van der Waals surface area contributed by atoms with Crippen LogP contribution < -0.4 is 5.73 Å². The molecule has 0 aliphatic heterocycles. The second kappa shape index (κ2) is 5.04. The van der Waals surface area contributed by atoms with Gasteiger partial charge in [-0.25, -0.2) is 4.68 Å². The average Bonchev–Trinajstić information content (AvgIpc) is 3.10. The molecule has 0 aliphatic carbocycles. The number of aromatic nitrogens is 5. The molecule has 0 bridgehead atoms. The highest BCUT2D eigenvalue weighted by atomic mass is 32.1. The van der Waals surface area contributed by atoms with Crippen molar-refractivity contribution in [3.63, 3.8) is 0 Å². The Hall–Kier alpha value is -2.22. The van der Waals surface area contributed by atoms with Crippen LogP contribution in [0.2, 0.25) is 0 Å². The van der Waals surface area contributed by atoms with Crippen molar-refractivity contribution in [2.45, 2.75) is 26.3 Å². The monoisotopic (exact) mass is 290 g/mol. The van der Waals surface area contributed by atoms with E-state index in [-0.39, 0.29) is 5.92 Å². The third-order valence-corrected chi connectivity index (χ3v) is 3.56. The van der Waals surface area contributed by atoms with E-state index < -0.39 is 0 Å². The lowest BCUT2D eigenvalue weighted by atomic mass is 10.1. The lowest BCUT2D eigenvalue weighted by Crippen LogP contribution is -2.09. The predicted octanol–water partition coefficient (Wildman–Crippen LogP) is 2.14. The molecule has 3 aromatic heterocycles. The first-order valence-corrected chi connectivity index (χ1v) is 7.13. The van der Waals surface area contributed by atoms with Gasteiger partial charge in [0.1, 0.15) is 6.54 Å².